The monoisotopic (exact) mass is 354 g/mol. The number of terminal acetylenes is 1. The average molecular weight is 354 g/mol. The third-order valence-electron chi connectivity index (χ3n) is 3.56. The molecule has 0 fully saturated rings. The summed E-state index contributed by atoms with van der Waals surface area (Å²) in [4.78, 5) is 16.7. The highest BCUT2D eigenvalue weighted by Gasteiger charge is 2.09. The summed E-state index contributed by atoms with van der Waals surface area (Å²) in [7, 11) is 0. The van der Waals surface area contributed by atoms with E-state index in [-0.39, 0.29) is 19.0 Å². The van der Waals surface area contributed by atoms with Gasteiger partial charge < -0.3 is 9.30 Å². The van der Waals surface area contributed by atoms with Gasteiger partial charge in [0, 0.05) is 0 Å². The van der Waals surface area contributed by atoms with Crippen molar-refractivity contribution in [2.75, 3.05) is 6.61 Å². The number of hydrogen-bond acceptors (Lipinski definition) is 3. The molecular formula is C19H15FN2O2S. The summed E-state index contributed by atoms with van der Waals surface area (Å²) in [6, 6.07) is 11.8. The van der Waals surface area contributed by atoms with E-state index in [2.05, 4.69) is 10.9 Å². The Morgan fingerprint density at radius 1 is 1.36 bits per heavy atom. The van der Waals surface area contributed by atoms with Crippen LogP contribution >= 0.6 is 11.3 Å². The number of nitrogens with zero attached hydrogens (tertiary/aromatic N) is 2. The van der Waals surface area contributed by atoms with Gasteiger partial charge in [0.05, 0.1) is 16.8 Å². The second-order valence-corrected chi connectivity index (χ2v) is 6.36. The van der Waals surface area contributed by atoms with Crippen molar-refractivity contribution in [1.82, 2.24) is 4.57 Å². The molecule has 0 radical (unpaired) electrons. The molecule has 4 nitrogen and oxygen atoms in total. The van der Waals surface area contributed by atoms with Crippen molar-refractivity contribution in [3.8, 4) is 18.1 Å². The van der Waals surface area contributed by atoms with E-state index in [1.165, 1.54) is 23.5 Å². The number of ether oxygens (including phenoxy) is 1. The SMILES string of the molecule is C#CCn1c(=NC(=O)COc2ccccc2C)sc2cc(F)ccc21. The number of thiazole rings is 1. The lowest BCUT2D eigenvalue weighted by atomic mass is 10.2. The van der Waals surface area contributed by atoms with Crippen LogP contribution in [-0.2, 0) is 11.3 Å². The number of benzene rings is 2. The topological polar surface area (TPSA) is 43.6 Å². The van der Waals surface area contributed by atoms with Gasteiger partial charge in [-0.1, -0.05) is 35.5 Å². The molecule has 25 heavy (non-hydrogen) atoms. The van der Waals surface area contributed by atoms with Gasteiger partial charge in [-0.25, -0.2) is 4.39 Å². The number of hydrogen-bond donors (Lipinski definition) is 0. The molecule has 0 saturated heterocycles. The van der Waals surface area contributed by atoms with Crippen LogP contribution in [0.3, 0.4) is 0 Å². The van der Waals surface area contributed by atoms with Crippen molar-refractivity contribution in [2.24, 2.45) is 4.99 Å². The Morgan fingerprint density at radius 3 is 2.92 bits per heavy atom. The van der Waals surface area contributed by atoms with Crippen LogP contribution < -0.4 is 9.54 Å². The van der Waals surface area contributed by atoms with E-state index in [0.717, 1.165) is 11.1 Å². The lowest BCUT2D eigenvalue weighted by molar-refractivity contribution is -0.120. The fraction of sp³-hybridized carbons (Fsp3) is 0.158. The van der Waals surface area contributed by atoms with E-state index in [1.807, 2.05) is 25.1 Å². The molecule has 1 amide bonds. The predicted octanol–water partition coefficient (Wildman–Crippen LogP) is 3.29. The van der Waals surface area contributed by atoms with Crippen LogP contribution in [-0.4, -0.2) is 17.1 Å². The number of carbonyl (C=O) groups is 1. The van der Waals surface area contributed by atoms with Crippen LogP contribution in [0.4, 0.5) is 4.39 Å². The Morgan fingerprint density at radius 2 is 2.16 bits per heavy atom. The van der Waals surface area contributed by atoms with E-state index < -0.39 is 5.91 Å². The van der Waals surface area contributed by atoms with Crippen molar-refractivity contribution in [3.05, 3.63) is 58.6 Å². The molecular weight excluding hydrogens is 339 g/mol. The molecule has 0 bridgehead atoms. The Hall–Kier alpha value is -2.91. The third-order valence-corrected chi connectivity index (χ3v) is 4.60. The smallest absolute Gasteiger partial charge is 0.286 e. The zero-order valence-electron chi connectivity index (χ0n) is 13.5. The lowest BCUT2D eigenvalue weighted by Crippen LogP contribution is -2.19. The molecule has 0 aliphatic heterocycles. The minimum Gasteiger partial charge on any atom is -0.483 e. The van der Waals surface area contributed by atoms with Gasteiger partial charge in [0.1, 0.15) is 11.6 Å². The van der Waals surface area contributed by atoms with Crippen molar-refractivity contribution in [3.63, 3.8) is 0 Å². The first kappa shape index (κ1) is 16.9. The Balaban J connectivity index is 1.89. The summed E-state index contributed by atoms with van der Waals surface area (Å²) < 4.78 is 21.3. The van der Waals surface area contributed by atoms with Crippen molar-refractivity contribution in [2.45, 2.75) is 13.5 Å². The quantitative estimate of drug-likeness (QED) is 0.675. The van der Waals surface area contributed by atoms with Crippen LogP contribution in [0, 0.1) is 25.1 Å². The number of aromatic nitrogens is 1. The van der Waals surface area contributed by atoms with Crippen LogP contribution in [0.5, 0.6) is 5.75 Å². The summed E-state index contributed by atoms with van der Waals surface area (Å²) in [6.45, 7) is 1.97. The minimum atomic E-state index is -0.430. The van der Waals surface area contributed by atoms with Gasteiger partial charge in [0.25, 0.3) is 5.91 Å². The van der Waals surface area contributed by atoms with E-state index in [4.69, 9.17) is 11.2 Å². The summed E-state index contributed by atoms with van der Waals surface area (Å²) in [5, 5.41) is 0. The van der Waals surface area contributed by atoms with Gasteiger partial charge in [-0.15, -0.1) is 6.42 Å². The molecule has 6 heteroatoms. The van der Waals surface area contributed by atoms with E-state index in [1.54, 1.807) is 16.7 Å². The molecule has 1 aromatic heterocycles. The molecule has 3 aromatic rings. The predicted molar refractivity (Wildman–Crippen MR) is 95.9 cm³/mol. The van der Waals surface area contributed by atoms with Gasteiger partial charge in [-0.05, 0) is 36.8 Å². The number of aryl methyl sites for hydroxylation is 1. The molecule has 0 unspecified atom stereocenters. The average Bonchev–Trinajstić information content (AvgIpc) is 2.91. The van der Waals surface area contributed by atoms with Crippen LogP contribution in [0.25, 0.3) is 10.2 Å². The molecule has 126 valence electrons. The first-order valence-corrected chi connectivity index (χ1v) is 8.38. The summed E-state index contributed by atoms with van der Waals surface area (Å²) >= 11 is 1.22. The number of fused-ring (bicyclic) bond motifs is 1. The molecule has 3 rings (SSSR count). The number of carbonyl (C=O) groups excluding carboxylic acids is 1. The Bertz CT molecular complexity index is 1040. The fourth-order valence-corrected chi connectivity index (χ4v) is 3.44. The molecule has 0 aliphatic rings. The standard InChI is InChI=1S/C19H15FN2O2S/c1-3-10-22-15-9-8-14(20)11-17(15)25-19(22)21-18(23)12-24-16-7-5-4-6-13(16)2/h1,4-9,11H,10,12H2,2H3. The Labute approximate surface area is 148 Å². The van der Waals surface area contributed by atoms with E-state index in [0.29, 0.717) is 15.3 Å². The number of halogens is 1. The van der Waals surface area contributed by atoms with Crippen molar-refractivity contribution >= 4 is 27.5 Å². The van der Waals surface area contributed by atoms with Crippen LogP contribution in [0.15, 0.2) is 47.5 Å². The summed E-state index contributed by atoms with van der Waals surface area (Å²) in [5.41, 5.74) is 1.69. The molecule has 0 spiro atoms. The third kappa shape index (κ3) is 3.78. The first-order chi connectivity index (χ1) is 12.1. The minimum absolute atomic E-state index is 0.177. The fourth-order valence-electron chi connectivity index (χ4n) is 2.37. The van der Waals surface area contributed by atoms with Crippen LogP contribution in [0.1, 0.15) is 5.56 Å². The van der Waals surface area contributed by atoms with Crippen molar-refractivity contribution in [1.29, 1.82) is 0 Å². The summed E-state index contributed by atoms with van der Waals surface area (Å²) in [6.07, 6.45) is 5.40. The second kappa shape index (κ2) is 7.32. The normalized spacial score (nSPS) is 11.5. The highest BCUT2D eigenvalue weighted by Crippen LogP contribution is 2.19. The van der Waals surface area contributed by atoms with E-state index in [9.17, 15) is 9.18 Å². The highest BCUT2D eigenvalue weighted by molar-refractivity contribution is 7.16. The maximum Gasteiger partial charge on any atom is 0.286 e. The highest BCUT2D eigenvalue weighted by atomic mass is 32.1. The van der Waals surface area contributed by atoms with Gasteiger partial charge >= 0.3 is 0 Å². The molecule has 2 aromatic carbocycles. The van der Waals surface area contributed by atoms with Crippen molar-refractivity contribution < 1.29 is 13.9 Å². The molecule has 0 atom stereocenters. The second-order valence-electron chi connectivity index (χ2n) is 5.35. The maximum atomic E-state index is 13.4. The van der Waals surface area contributed by atoms with E-state index >= 15 is 0 Å². The lowest BCUT2D eigenvalue weighted by Gasteiger charge is -2.06. The van der Waals surface area contributed by atoms with Gasteiger partial charge in [0.15, 0.2) is 11.4 Å². The van der Waals surface area contributed by atoms with Gasteiger partial charge in [-0.2, -0.15) is 4.99 Å². The largest absolute Gasteiger partial charge is 0.483 e. The number of para-hydroxylation sites is 1. The Kier molecular flexibility index (Phi) is 4.96. The molecule has 0 N–H and O–H groups in total. The number of rotatable bonds is 4. The van der Waals surface area contributed by atoms with Gasteiger partial charge in [0.2, 0.25) is 0 Å². The zero-order chi connectivity index (χ0) is 17.8. The molecule has 0 saturated carbocycles. The zero-order valence-corrected chi connectivity index (χ0v) is 14.3. The first-order valence-electron chi connectivity index (χ1n) is 7.57. The van der Waals surface area contributed by atoms with Crippen LogP contribution in [0.2, 0.25) is 0 Å². The maximum absolute atomic E-state index is 13.4. The molecule has 1 heterocycles. The number of amides is 1. The summed E-state index contributed by atoms with van der Waals surface area (Å²) in [5.74, 6) is 2.39. The van der Waals surface area contributed by atoms with Gasteiger partial charge in [-0.3, -0.25) is 4.79 Å². The molecule has 0 aliphatic carbocycles.